The Kier molecular flexibility index (Phi) is 2.98. The molecule has 3 heteroatoms. The number of fused-ring (bicyclic) bond motifs is 2. The summed E-state index contributed by atoms with van der Waals surface area (Å²) in [5, 5.41) is 12.8. The van der Waals surface area contributed by atoms with Crippen LogP contribution in [0.15, 0.2) is 24.3 Å². The molecule has 3 unspecified atom stereocenters. The van der Waals surface area contributed by atoms with Crippen LogP contribution in [0.4, 0.5) is 0 Å². The molecule has 18 heavy (non-hydrogen) atoms. The Bertz CT molecular complexity index is 458. The van der Waals surface area contributed by atoms with Gasteiger partial charge in [0.25, 0.3) is 0 Å². The van der Waals surface area contributed by atoms with Gasteiger partial charge in [-0.2, -0.15) is 0 Å². The number of rotatable bonds is 3. The molecule has 2 saturated carbocycles. The molecular formula is C15H19NO2. The number of aromatic hydroxyl groups is 1. The summed E-state index contributed by atoms with van der Waals surface area (Å²) in [7, 11) is 0. The Morgan fingerprint density at radius 1 is 1.28 bits per heavy atom. The maximum Gasteiger partial charge on any atom is 0.224 e. The molecule has 0 spiro atoms. The summed E-state index contributed by atoms with van der Waals surface area (Å²) in [5.41, 5.74) is 0.707. The zero-order valence-electron chi connectivity index (χ0n) is 10.4. The van der Waals surface area contributed by atoms with Crippen molar-refractivity contribution in [3.05, 3.63) is 29.8 Å². The lowest BCUT2D eigenvalue weighted by Gasteiger charge is -2.22. The molecule has 0 aromatic heterocycles. The summed E-state index contributed by atoms with van der Waals surface area (Å²) in [6.07, 6.45) is 5.34. The predicted octanol–water partition coefficient (Wildman–Crippen LogP) is 2.24. The monoisotopic (exact) mass is 245 g/mol. The van der Waals surface area contributed by atoms with E-state index in [0.29, 0.717) is 17.5 Å². The standard InChI is InChI=1S/C15H19NO2/c17-14-4-2-1-3-12(14)9-15(18)16-13-8-10-5-6-11(13)7-10/h1-4,10-11,13,17H,5-9H2,(H,16,18). The van der Waals surface area contributed by atoms with Crippen LogP contribution in [-0.2, 0) is 11.2 Å². The van der Waals surface area contributed by atoms with Gasteiger partial charge in [-0.1, -0.05) is 24.6 Å². The summed E-state index contributed by atoms with van der Waals surface area (Å²) in [6.45, 7) is 0. The molecule has 2 bridgehead atoms. The van der Waals surface area contributed by atoms with E-state index < -0.39 is 0 Å². The van der Waals surface area contributed by atoms with E-state index in [9.17, 15) is 9.90 Å². The lowest BCUT2D eigenvalue weighted by atomic mass is 9.95. The van der Waals surface area contributed by atoms with Crippen LogP contribution in [0.3, 0.4) is 0 Å². The first-order chi connectivity index (χ1) is 8.72. The number of benzene rings is 1. The van der Waals surface area contributed by atoms with Gasteiger partial charge in [0.2, 0.25) is 5.91 Å². The first-order valence-corrected chi connectivity index (χ1v) is 6.78. The highest BCUT2D eigenvalue weighted by Gasteiger charge is 2.39. The number of carbonyl (C=O) groups is 1. The third kappa shape index (κ3) is 2.22. The Morgan fingerprint density at radius 2 is 2.11 bits per heavy atom. The van der Waals surface area contributed by atoms with Crippen LogP contribution in [-0.4, -0.2) is 17.1 Å². The Balaban J connectivity index is 1.58. The average Bonchev–Trinajstić information content (AvgIpc) is 2.94. The number of amides is 1. The van der Waals surface area contributed by atoms with E-state index in [0.717, 1.165) is 12.3 Å². The molecule has 3 nitrogen and oxygen atoms in total. The summed E-state index contributed by atoms with van der Waals surface area (Å²) in [4.78, 5) is 12.0. The van der Waals surface area contributed by atoms with Crippen molar-refractivity contribution in [2.45, 2.75) is 38.1 Å². The fraction of sp³-hybridized carbons (Fsp3) is 0.533. The molecule has 2 N–H and O–H groups in total. The van der Waals surface area contributed by atoms with Crippen LogP contribution >= 0.6 is 0 Å². The molecule has 1 aromatic carbocycles. The lowest BCUT2D eigenvalue weighted by Crippen LogP contribution is -2.39. The summed E-state index contributed by atoms with van der Waals surface area (Å²) in [6, 6.07) is 7.42. The maximum absolute atomic E-state index is 12.0. The average molecular weight is 245 g/mol. The van der Waals surface area contributed by atoms with Crippen molar-refractivity contribution in [1.82, 2.24) is 5.32 Å². The second-order valence-corrected chi connectivity index (χ2v) is 5.65. The van der Waals surface area contributed by atoms with Gasteiger partial charge in [-0.15, -0.1) is 0 Å². The number of hydrogen-bond acceptors (Lipinski definition) is 2. The minimum absolute atomic E-state index is 0.0362. The van der Waals surface area contributed by atoms with E-state index >= 15 is 0 Å². The Labute approximate surface area is 107 Å². The molecule has 0 radical (unpaired) electrons. The van der Waals surface area contributed by atoms with E-state index in [-0.39, 0.29) is 18.1 Å². The normalized spacial score (nSPS) is 29.4. The van der Waals surface area contributed by atoms with Crippen LogP contribution < -0.4 is 5.32 Å². The largest absolute Gasteiger partial charge is 0.508 e. The van der Waals surface area contributed by atoms with Gasteiger partial charge in [0.1, 0.15) is 5.75 Å². The quantitative estimate of drug-likeness (QED) is 0.858. The Morgan fingerprint density at radius 3 is 2.78 bits per heavy atom. The second-order valence-electron chi connectivity index (χ2n) is 5.65. The van der Waals surface area contributed by atoms with Gasteiger partial charge in [-0.25, -0.2) is 0 Å². The molecule has 3 atom stereocenters. The number of nitrogens with one attached hydrogen (secondary N) is 1. The fourth-order valence-electron chi connectivity index (χ4n) is 3.51. The maximum atomic E-state index is 12.0. The van der Waals surface area contributed by atoms with E-state index in [2.05, 4.69) is 5.32 Å². The van der Waals surface area contributed by atoms with Crippen molar-refractivity contribution in [3.8, 4) is 5.75 Å². The van der Waals surface area contributed by atoms with Gasteiger partial charge < -0.3 is 10.4 Å². The minimum Gasteiger partial charge on any atom is -0.508 e. The molecule has 0 aliphatic heterocycles. The molecule has 1 amide bonds. The van der Waals surface area contributed by atoms with Gasteiger partial charge >= 0.3 is 0 Å². The van der Waals surface area contributed by atoms with Gasteiger partial charge in [-0.3, -0.25) is 4.79 Å². The van der Waals surface area contributed by atoms with Crippen molar-refractivity contribution >= 4 is 5.91 Å². The highest BCUT2D eigenvalue weighted by molar-refractivity contribution is 5.79. The van der Waals surface area contributed by atoms with Gasteiger partial charge in [-0.05, 0) is 37.2 Å². The molecule has 2 aliphatic carbocycles. The number of para-hydroxylation sites is 1. The highest BCUT2D eigenvalue weighted by Crippen LogP contribution is 2.44. The molecule has 2 aliphatic rings. The molecule has 1 aromatic rings. The summed E-state index contributed by atoms with van der Waals surface area (Å²) >= 11 is 0. The highest BCUT2D eigenvalue weighted by atomic mass is 16.3. The van der Waals surface area contributed by atoms with Crippen molar-refractivity contribution in [2.24, 2.45) is 11.8 Å². The molecule has 0 heterocycles. The molecule has 0 saturated heterocycles. The lowest BCUT2D eigenvalue weighted by molar-refractivity contribution is -0.121. The molecule has 2 fully saturated rings. The first kappa shape index (κ1) is 11.6. The van der Waals surface area contributed by atoms with Crippen molar-refractivity contribution in [2.75, 3.05) is 0 Å². The third-order valence-corrected chi connectivity index (χ3v) is 4.43. The van der Waals surface area contributed by atoms with E-state index in [1.165, 1.54) is 19.3 Å². The summed E-state index contributed by atoms with van der Waals surface area (Å²) in [5.74, 6) is 1.78. The van der Waals surface area contributed by atoms with Crippen LogP contribution in [0, 0.1) is 11.8 Å². The number of carbonyl (C=O) groups excluding carboxylic acids is 1. The van der Waals surface area contributed by atoms with Crippen LogP contribution in [0.2, 0.25) is 0 Å². The zero-order chi connectivity index (χ0) is 12.5. The van der Waals surface area contributed by atoms with Crippen LogP contribution in [0.1, 0.15) is 31.2 Å². The molecule has 96 valence electrons. The minimum atomic E-state index is 0.0362. The zero-order valence-corrected chi connectivity index (χ0v) is 10.4. The summed E-state index contributed by atoms with van der Waals surface area (Å²) < 4.78 is 0. The van der Waals surface area contributed by atoms with Crippen molar-refractivity contribution in [1.29, 1.82) is 0 Å². The van der Waals surface area contributed by atoms with Gasteiger partial charge in [0, 0.05) is 11.6 Å². The number of phenolic OH excluding ortho intramolecular Hbond substituents is 1. The predicted molar refractivity (Wildman–Crippen MR) is 69.2 cm³/mol. The number of phenols is 1. The van der Waals surface area contributed by atoms with Gasteiger partial charge in [0.15, 0.2) is 0 Å². The smallest absolute Gasteiger partial charge is 0.224 e. The third-order valence-electron chi connectivity index (χ3n) is 4.43. The van der Waals surface area contributed by atoms with Crippen molar-refractivity contribution < 1.29 is 9.90 Å². The SMILES string of the molecule is O=C(Cc1ccccc1O)NC1CC2CCC1C2. The molecule has 3 rings (SSSR count). The topological polar surface area (TPSA) is 49.3 Å². The van der Waals surface area contributed by atoms with Crippen LogP contribution in [0.25, 0.3) is 0 Å². The van der Waals surface area contributed by atoms with Crippen LogP contribution in [0.5, 0.6) is 5.75 Å². The fourth-order valence-corrected chi connectivity index (χ4v) is 3.51. The van der Waals surface area contributed by atoms with E-state index in [1.54, 1.807) is 18.2 Å². The first-order valence-electron chi connectivity index (χ1n) is 6.78. The van der Waals surface area contributed by atoms with E-state index in [1.807, 2.05) is 6.07 Å². The molecular weight excluding hydrogens is 226 g/mol. The Hall–Kier alpha value is -1.51. The van der Waals surface area contributed by atoms with E-state index in [4.69, 9.17) is 0 Å². The van der Waals surface area contributed by atoms with Gasteiger partial charge in [0.05, 0.1) is 6.42 Å². The second kappa shape index (κ2) is 4.63. The van der Waals surface area contributed by atoms with Crippen molar-refractivity contribution in [3.63, 3.8) is 0 Å². The number of hydrogen-bond donors (Lipinski definition) is 2.